The molecule has 102 valence electrons. The van der Waals surface area contributed by atoms with E-state index in [1.807, 2.05) is 0 Å². The summed E-state index contributed by atoms with van der Waals surface area (Å²) in [6, 6.07) is 4.93. The van der Waals surface area contributed by atoms with Gasteiger partial charge in [-0.1, -0.05) is 38.8 Å². The Hall–Kier alpha value is -1.09. The van der Waals surface area contributed by atoms with Crippen molar-refractivity contribution >= 4 is 0 Å². The van der Waals surface area contributed by atoms with Gasteiger partial charge < -0.3 is 9.84 Å². The molecule has 1 N–H and O–H groups in total. The highest BCUT2D eigenvalue weighted by atomic mass is 19.1. The van der Waals surface area contributed by atoms with Gasteiger partial charge in [0, 0.05) is 5.56 Å². The van der Waals surface area contributed by atoms with Gasteiger partial charge in [0.25, 0.3) is 0 Å². The summed E-state index contributed by atoms with van der Waals surface area (Å²) in [5, 5.41) is 10.3. The zero-order valence-corrected chi connectivity index (χ0v) is 11.4. The number of hydrogen-bond acceptors (Lipinski definition) is 2. The number of ether oxygens (including phenoxy) is 1. The number of aliphatic hydroxyl groups excluding tert-OH is 1. The van der Waals surface area contributed by atoms with Crippen LogP contribution in [0, 0.1) is 11.7 Å². The first-order valence-electron chi connectivity index (χ1n) is 6.66. The van der Waals surface area contributed by atoms with Crippen LogP contribution in [0.5, 0.6) is 5.75 Å². The predicted octanol–water partition coefficient (Wildman–Crippen LogP) is 4.08. The van der Waals surface area contributed by atoms with Gasteiger partial charge in [-0.05, 0) is 24.8 Å². The molecule has 0 amide bonds. The van der Waals surface area contributed by atoms with E-state index >= 15 is 0 Å². The fraction of sp³-hybridized carbons (Fsp3) is 0.600. The molecule has 0 bridgehead atoms. The summed E-state index contributed by atoms with van der Waals surface area (Å²) in [6.45, 7) is 4.16. The molecule has 0 aliphatic rings. The van der Waals surface area contributed by atoms with Crippen molar-refractivity contribution in [2.75, 3.05) is 7.11 Å². The summed E-state index contributed by atoms with van der Waals surface area (Å²) in [7, 11) is 1.43. The standard InChI is InChI=1S/C15H23FO2/c1-4-7-11(8-5-2)15(17)12-9-6-10-13(18-3)14(12)16/h6,9-11,15,17H,4-5,7-8H2,1-3H3. The van der Waals surface area contributed by atoms with Crippen LogP contribution in [0.1, 0.15) is 51.2 Å². The number of methoxy groups -OCH3 is 1. The van der Waals surface area contributed by atoms with Crippen molar-refractivity contribution in [3.63, 3.8) is 0 Å². The van der Waals surface area contributed by atoms with Crippen LogP contribution in [0.3, 0.4) is 0 Å². The van der Waals surface area contributed by atoms with Gasteiger partial charge in [-0.15, -0.1) is 0 Å². The molecule has 0 heterocycles. The summed E-state index contributed by atoms with van der Waals surface area (Å²) < 4.78 is 19.0. The average Bonchev–Trinajstić information content (AvgIpc) is 2.38. The lowest BCUT2D eigenvalue weighted by molar-refractivity contribution is 0.0924. The highest BCUT2D eigenvalue weighted by Crippen LogP contribution is 2.33. The Morgan fingerprint density at radius 3 is 2.33 bits per heavy atom. The highest BCUT2D eigenvalue weighted by Gasteiger charge is 2.23. The molecule has 3 heteroatoms. The Labute approximate surface area is 109 Å². The molecule has 0 aliphatic heterocycles. The lowest BCUT2D eigenvalue weighted by atomic mass is 9.88. The van der Waals surface area contributed by atoms with Gasteiger partial charge in [-0.3, -0.25) is 0 Å². The van der Waals surface area contributed by atoms with Gasteiger partial charge in [0.1, 0.15) is 0 Å². The summed E-state index contributed by atoms with van der Waals surface area (Å²) >= 11 is 0. The Balaban J connectivity index is 2.96. The van der Waals surface area contributed by atoms with E-state index < -0.39 is 11.9 Å². The fourth-order valence-corrected chi connectivity index (χ4v) is 2.37. The first kappa shape index (κ1) is 15.0. The summed E-state index contributed by atoms with van der Waals surface area (Å²) in [5.74, 6) is -0.135. The van der Waals surface area contributed by atoms with E-state index in [0.29, 0.717) is 5.56 Å². The summed E-state index contributed by atoms with van der Waals surface area (Å²) in [6.07, 6.45) is 3.05. The molecular weight excluding hydrogens is 231 g/mol. The first-order valence-corrected chi connectivity index (χ1v) is 6.66. The largest absolute Gasteiger partial charge is 0.494 e. The van der Waals surface area contributed by atoms with E-state index in [1.54, 1.807) is 18.2 Å². The number of benzene rings is 1. The SMILES string of the molecule is CCCC(CCC)C(O)c1cccc(OC)c1F. The van der Waals surface area contributed by atoms with Crippen molar-refractivity contribution in [1.82, 2.24) is 0 Å². The maximum atomic E-state index is 14.1. The molecule has 0 spiro atoms. The summed E-state index contributed by atoms with van der Waals surface area (Å²) in [5.41, 5.74) is 0.348. The van der Waals surface area contributed by atoms with Crippen LogP contribution in [0.2, 0.25) is 0 Å². The molecule has 1 aromatic carbocycles. The van der Waals surface area contributed by atoms with E-state index in [0.717, 1.165) is 25.7 Å². The third kappa shape index (κ3) is 3.45. The molecule has 0 saturated carbocycles. The molecule has 0 saturated heterocycles. The number of halogens is 1. The van der Waals surface area contributed by atoms with Crippen LogP contribution >= 0.6 is 0 Å². The number of aliphatic hydroxyl groups is 1. The third-order valence-electron chi connectivity index (χ3n) is 3.30. The minimum atomic E-state index is -0.750. The van der Waals surface area contributed by atoms with Gasteiger partial charge in [-0.25, -0.2) is 4.39 Å². The van der Waals surface area contributed by atoms with Gasteiger partial charge >= 0.3 is 0 Å². The maximum absolute atomic E-state index is 14.1. The molecule has 1 rings (SSSR count). The molecule has 1 aromatic rings. The van der Waals surface area contributed by atoms with Crippen molar-refractivity contribution in [2.45, 2.75) is 45.6 Å². The first-order chi connectivity index (χ1) is 8.65. The van der Waals surface area contributed by atoms with E-state index in [9.17, 15) is 9.50 Å². The van der Waals surface area contributed by atoms with Gasteiger partial charge in [0.2, 0.25) is 0 Å². The van der Waals surface area contributed by atoms with E-state index in [2.05, 4.69) is 13.8 Å². The third-order valence-corrected chi connectivity index (χ3v) is 3.30. The molecule has 1 unspecified atom stereocenters. The molecular formula is C15H23FO2. The van der Waals surface area contributed by atoms with Crippen LogP contribution < -0.4 is 4.74 Å². The zero-order valence-electron chi connectivity index (χ0n) is 11.4. The monoisotopic (exact) mass is 254 g/mol. The Kier molecular flexibility index (Phi) is 6.13. The minimum absolute atomic E-state index is 0.113. The average molecular weight is 254 g/mol. The van der Waals surface area contributed by atoms with Crippen LogP contribution in [0.15, 0.2) is 18.2 Å². The molecule has 0 aromatic heterocycles. The second kappa shape index (κ2) is 7.37. The van der Waals surface area contributed by atoms with Crippen molar-refractivity contribution in [3.8, 4) is 5.75 Å². The van der Waals surface area contributed by atoms with Crippen molar-refractivity contribution < 1.29 is 14.2 Å². The maximum Gasteiger partial charge on any atom is 0.170 e. The van der Waals surface area contributed by atoms with E-state index in [1.165, 1.54) is 7.11 Å². The molecule has 0 radical (unpaired) electrons. The van der Waals surface area contributed by atoms with E-state index in [-0.39, 0.29) is 11.7 Å². The molecule has 18 heavy (non-hydrogen) atoms. The predicted molar refractivity (Wildman–Crippen MR) is 71.2 cm³/mol. The van der Waals surface area contributed by atoms with Gasteiger partial charge in [0.15, 0.2) is 11.6 Å². The fourth-order valence-electron chi connectivity index (χ4n) is 2.37. The quantitative estimate of drug-likeness (QED) is 0.794. The highest BCUT2D eigenvalue weighted by molar-refractivity contribution is 5.32. The number of hydrogen-bond donors (Lipinski definition) is 1. The molecule has 0 aliphatic carbocycles. The van der Waals surface area contributed by atoms with Crippen molar-refractivity contribution in [2.24, 2.45) is 5.92 Å². The topological polar surface area (TPSA) is 29.5 Å². The van der Waals surface area contributed by atoms with Crippen molar-refractivity contribution in [1.29, 1.82) is 0 Å². The van der Waals surface area contributed by atoms with Crippen LogP contribution in [0.4, 0.5) is 4.39 Å². The van der Waals surface area contributed by atoms with Crippen LogP contribution in [-0.2, 0) is 0 Å². The number of rotatable bonds is 7. The van der Waals surface area contributed by atoms with Crippen LogP contribution in [-0.4, -0.2) is 12.2 Å². The smallest absolute Gasteiger partial charge is 0.170 e. The molecule has 2 nitrogen and oxygen atoms in total. The van der Waals surface area contributed by atoms with Crippen LogP contribution in [0.25, 0.3) is 0 Å². The normalized spacial score (nSPS) is 12.8. The van der Waals surface area contributed by atoms with Gasteiger partial charge in [0.05, 0.1) is 13.2 Å². The molecule has 1 atom stereocenters. The lowest BCUT2D eigenvalue weighted by Crippen LogP contribution is -2.14. The second-order valence-corrected chi connectivity index (χ2v) is 4.65. The summed E-state index contributed by atoms with van der Waals surface area (Å²) in [4.78, 5) is 0. The zero-order chi connectivity index (χ0) is 13.5. The molecule has 0 fully saturated rings. The van der Waals surface area contributed by atoms with E-state index in [4.69, 9.17) is 4.74 Å². The Morgan fingerprint density at radius 2 is 1.83 bits per heavy atom. The van der Waals surface area contributed by atoms with Gasteiger partial charge in [-0.2, -0.15) is 0 Å². The second-order valence-electron chi connectivity index (χ2n) is 4.65. The van der Waals surface area contributed by atoms with Crippen molar-refractivity contribution in [3.05, 3.63) is 29.6 Å². The lowest BCUT2D eigenvalue weighted by Gasteiger charge is -2.23. The Morgan fingerprint density at radius 1 is 1.22 bits per heavy atom. The minimum Gasteiger partial charge on any atom is -0.494 e. The Bertz CT molecular complexity index is 360.